The Bertz CT molecular complexity index is 1070. The second kappa shape index (κ2) is 10.2. The number of carboxylic acid groups (broad SMARTS) is 1. The maximum atomic E-state index is 12.6. The summed E-state index contributed by atoms with van der Waals surface area (Å²) in [7, 11) is 0. The zero-order chi connectivity index (χ0) is 24.1. The maximum Gasteiger partial charge on any atom is 0.573 e. The monoisotopic (exact) mass is 480 g/mol. The summed E-state index contributed by atoms with van der Waals surface area (Å²) in [6.45, 7) is 3.42. The van der Waals surface area contributed by atoms with E-state index in [1.54, 1.807) is 42.4 Å². The summed E-state index contributed by atoms with van der Waals surface area (Å²) in [5.74, 6) is -0.878. The summed E-state index contributed by atoms with van der Waals surface area (Å²) in [4.78, 5) is 11.7. The lowest BCUT2D eigenvalue weighted by molar-refractivity contribution is -0.274. The van der Waals surface area contributed by atoms with Crippen molar-refractivity contribution in [3.8, 4) is 11.5 Å². The topological polar surface area (TPSA) is 84.4 Å². The van der Waals surface area contributed by atoms with E-state index in [1.807, 2.05) is 26.0 Å². The van der Waals surface area contributed by atoms with Gasteiger partial charge in [-0.05, 0) is 54.8 Å². The number of aryl methyl sites for hydroxylation is 1. The molecular weight excluding hydrogens is 457 g/mol. The molecule has 0 bridgehead atoms. The molecule has 6 nitrogen and oxygen atoms in total. The minimum atomic E-state index is -4.76. The number of H-pyrrole nitrogens is 1. The van der Waals surface area contributed by atoms with E-state index >= 15 is 0 Å². The number of aliphatic carboxylic acids is 1. The molecule has 0 amide bonds. The molecular formula is C23H23F3N2O4S. The minimum Gasteiger partial charge on any atom is -0.482 e. The first-order valence-electron chi connectivity index (χ1n) is 10.1. The zero-order valence-electron chi connectivity index (χ0n) is 18.0. The summed E-state index contributed by atoms with van der Waals surface area (Å²) < 4.78 is 46.5. The fourth-order valence-corrected chi connectivity index (χ4v) is 5.13. The number of rotatable bonds is 10. The lowest BCUT2D eigenvalue weighted by atomic mass is 9.88. The van der Waals surface area contributed by atoms with Gasteiger partial charge in [0, 0.05) is 16.7 Å². The Kier molecular flexibility index (Phi) is 7.57. The SMILES string of the molecule is CCCC(Sc1ccc(OCC(=O)O)c(C)c1)(c1ccc(OC(F)(F)F)cc1)c1cn[nH]c1. The highest BCUT2D eigenvalue weighted by molar-refractivity contribution is 8.00. The number of aromatic amines is 1. The number of carbonyl (C=O) groups is 1. The van der Waals surface area contributed by atoms with E-state index in [2.05, 4.69) is 14.9 Å². The Hall–Kier alpha value is -3.14. The first-order chi connectivity index (χ1) is 15.6. The number of hydrogen-bond donors (Lipinski definition) is 2. The smallest absolute Gasteiger partial charge is 0.482 e. The molecule has 1 atom stereocenters. The average molecular weight is 481 g/mol. The fraction of sp³-hybridized carbons (Fsp3) is 0.304. The predicted octanol–water partition coefficient (Wildman–Crippen LogP) is 5.92. The Morgan fingerprint density at radius 2 is 1.88 bits per heavy atom. The molecule has 1 aromatic heterocycles. The van der Waals surface area contributed by atoms with Crippen LogP contribution in [-0.4, -0.2) is 34.2 Å². The van der Waals surface area contributed by atoms with E-state index in [9.17, 15) is 18.0 Å². The molecule has 2 aromatic carbocycles. The molecule has 0 aliphatic rings. The fourth-order valence-electron chi connectivity index (χ4n) is 3.56. The van der Waals surface area contributed by atoms with Crippen LogP contribution in [0.1, 0.15) is 36.5 Å². The normalized spacial score (nSPS) is 13.4. The van der Waals surface area contributed by atoms with Crippen LogP contribution in [-0.2, 0) is 9.54 Å². The number of ether oxygens (including phenoxy) is 2. The van der Waals surface area contributed by atoms with Crippen molar-refractivity contribution in [3.05, 3.63) is 71.5 Å². The van der Waals surface area contributed by atoms with E-state index in [1.165, 1.54) is 12.1 Å². The van der Waals surface area contributed by atoms with Crippen LogP contribution in [0.25, 0.3) is 0 Å². The van der Waals surface area contributed by atoms with Crippen molar-refractivity contribution in [1.82, 2.24) is 10.2 Å². The molecule has 0 aliphatic heterocycles. The quantitative estimate of drug-likeness (QED) is 0.351. The van der Waals surface area contributed by atoms with E-state index in [0.717, 1.165) is 28.0 Å². The van der Waals surface area contributed by atoms with Gasteiger partial charge in [-0.25, -0.2) is 4.79 Å². The summed E-state index contributed by atoms with van der Waals surface area (Å²) in [5.41, 5.74) is 2.45. The van der Waals surface area contributed by atoms with Gasteiger partial charge in [0.2, 0.25) is 0 Å². The van der Waals surface area contributed by atoms with Crippen molar-refractivity contribution >= 4 is 17.7 Å². The molecule has 0 aliphatic carbocycles. The highest BCUT2D eigenvalue weighted by atomic mass is 32.2. The van der Waals surface area contributed by atoms with Gasteiger partial charge >= 0.3 is 12.3 Å². The van der Waals surface area contributed by atoms with E-state index in [0.29, 0.717) is 12.2 Å². The van der Waals surface area contributed by atoms with Gasteiger partial charge in [0.15, 0.2) is 6.61 Å². The minimum absolute atomic E-state index is 0.287. The van der Waals surface area contributed by atoms with Gasteiger partial charge in [-0.2, -0.15) is 5.10 Å². The van der Waals surface area contributed by atoms with E-state index in [4.69, 9.17) is 9.84 Å². The number of hydrogen-bond acceptors (Lipinski definition) is 5. The molecule has 0 fully saturated rings. The summed E-state index contributed by atoms with van der Waals surface area (Å²) >= 11 is 1.54. The third-order valence-electron chi connectivity index (χ3n) is 4.91. The number of halogens is 3. The third-order valence-corrected chi connectivity index (χ3v) is 6.42. The number of aromatic nitrogens is 2. The molecule has 0 saturated heterocycles. The van der Waals surface area contributed by atoms with E-state index < -0.39 is 23.7 Å². The van der Waals surface area contributed by atoms with Crippen LogP contribution in [0.15, 0.2) is 59.8 Å². The number of thioether (sulfide) groups is 1. The Morgan fingerprint density at radius 3 is 2.42 bits per heavy atom. The zero-order valence-corrected chi connectivity index (χ0v) is 18.8. The van der Waals surface area contributed by atoms with Gasteiger partial charge in [-0.3, -0.25) is 5.10 Å². The van der Waals surface area contributed by atoms with Gasteiger partial charge in [-0.15, -0.1) is 24.9 Å². The molecule has 176 valence electrons. The molecule has 33 heavy (non-hydrogen) atoms. The van der Waals surface area contributed by atoms with Gasteiger partial charge in [0.1, 0.15) is 11.5 Å². The van der Waals surface area contributed by atoms with Crippen LogP contribution in [0.5, 0.6) is 11.5 Å². The van der Waals surface area contributed by atoms with Crippen LogP contribution in [0.3, 0.4) is 0 Å². The van der Waals surface area contributed by atoms with Crippen molar-refractivity contribution in [2.75, 3.05) is 6.61 Å². The molecule has 10 heteroatoms. The van der Waals surface area contributed by atoms with Gasteiger partial charge in [-0.1, -0.05) is 25.5 Å². The van der Waals surface area contributed by atoms with Crippen LogP contribution < -0.4 is 9.47 Å². The number of nitrogens with one attached hydrogen (secondary N) is 1. The highest BCUT2D eigenvalue weighted by Gasteiger charge is 2.37. The number of benzene rings is 2. The third kappa shape index (κ3) is 6.22. The van der Waals surface area contributed by atoms with Crippen LogP contribution >= 0.6 is 11.8 Å². The van der Waals surface area contributed by atoms with Gasteiger partial charge < -0.3 is 14.6 Å². The Labute approximate surface area is 193 Å². The van der Waals surface area contributed by atoms with Crippen molar-refractivity contribution in [2.24, 2.45) is 0 Å². The van der Waals surface area contributed by atoms with Crippen LogP contribution in [0.2, 0.25) is 0 Å². The van der Waals surface area contributed by atoms with Crippen LogP contribution in [0, 0.1) is 6.92 Å². The highest BCUT2D eigenvalue weighted by Crippen LogP contribution is 2.50. The largest absolute Gasteiger partial charge is 0.573 e. The molecule has 3 rings (SSSR count). The van der Waals surface area contributed by atoms with Crippen molar-refractivity contribution in [3.63, 3.8) is 0 Å². The van der Waals surface area contributed by atoms with Crippen molar-refractivity contribution < 1.29 is 32.5 Å². The average Bonchev–Trinajstić information content (AvgIpc) is 3.27. The molecule has 0 saturated carbocycles. The first kappa shape index (κ1) is 24.5. The lowest BCUT2D eigenvalue weighted by Crippen LogP contribution is -2.23. The molecule has 1 unspecified atom stereocenters. The summed E-state index contributed by atoms with van der Waals surface area (Å²) in [5, 5.41) is 15.8. The Balaban J connectivity index is 1.98. The van der Waals surface area contributed by atoms with Crippen LogP contribution in [0.4, 0.5) is 13.2 Å². The predicted molar refractivity (Wildman–Crippen MR) is 118 cm³/mol. The molecule has 3 aromatic rings. The molecule has 1 heterocycles. The first-order valence-corrected chi connectivity index (χ1v) is 10.9. The summed E-state index contributed by atoms with van der Waals surface area (Å²) in [6, 6.07) is 11.3. The second-order valence-electron chi connectivity index (χ2n) is 7.35. The number of nitrogens with zero attached hydrogens (tertiary/aromatic N) is 1. The molecule has 0 radical (unpaired) electrons. The van der Waals surface area contributed by atoms with E-state index in [-0.39, 0.29) is 5.75 Å². The lowest BCUT2D eigenvalue weighted by Gasteiger charge is -2.33. The van der Waals surface area contributed by atoms with Gasteiger partial charge in [0.05, 0.1) is 10.9 Å². The Morgan fingerprint density at radius 1 is 1.15 bits per heavy atom. The van der Waals surface area contributed by atoms with Crippen molar-refractivity contribution in [1.29, 1.82) is 0 Å². The maximum absolute atomic E-state index is 12.6. The molecule has 2 N–H and O–H groups in total. The van der Waals surface area contributed by atoms with Gasteiger partial charge in [0.25, 0.3) is 0 Å². The second-order valence-corrected chi connectivity index (χ2v) is 8.72. The number of carboxylic acids is 1. The molecule has 0 spiro atoms. The number of alkyl halides is 3. The standard InChI is InChI=1S/C23H23F3N2O4S/c1-3-10-22(17-12-27-28-13-17,16-4-6-18(7-5-16)32-23(24,25)26)33-19-8-9-20(15(2)11-19)31-14-21(29)30/h4-9,11-13H,3,10,14H2,1-2H3,(H,27,28)(H,29,30). The summed E-state index contributed by atoms with van der Waals surface area (Å²) in [6.07, 6.45) is 0.216. The van der Waals surface area contributed by atoms with Crippen molar-refractivity contribution in [2.45, 2.75) is 42.7 Å².